The summed E-state index contributed by atoms with van der Waals surface area (Å²) in [5.74, 6) is 0.516. The van der Waals surface area contributed by atoms with Gasteiger partial charge in [-0.05, 0) is 31.0 Å². The van der Waals surface area contributed by atoms with Crippen LogP contribution in [0.15, 0.2) is 18.2 Å². The van der Waals surface area contributed by atoms with Crippen molar-refractivity contribution in [1.29, 1.82) is 0 Å². The quantitative estimate of drug-likeness (QED) is 0.803. The second-order valence-electron chi connectivity index (χ2n) is 5.32. The molecule has 0 bridgehead atoms. The molecule has 0 aliphatic carbocycles. The van der Waals surface area contributed by atoms with E-state index >= 15 is 0 Å². The summed E-state index contributed by atoms with van der Waals surface area (Å²) < 4.78 is 0. The average molecular weight is 263 g/mol. The van der Waals surface area contributed by atoms with Crippen molar-refractivity contribution in [3.63, 3.8) is 0 Å². The van der Waals surface area contributed by atoms with Gasteiger partial charge in [-0.25, -0.2) is 0 Å². The maximum Gasteiger partial charge on any atom is 0.255 e. The van der Waals surface area contributed by atoms with E-state index in [4.69, 9.17) is 5.73 Å². The number of nitrogens with one attached hydrogen (secondary N) is 1. The Labute approximate surface area is 116 Å². The number of nitrogen functional groups attached to an aromatic ring is 1. The fourth-order valence-corrected chi connectivity index (χ4v) is 1.85. The molecule has 2 atom stereocenters. The lowest BCUT2D eigenvalue weighted by molar-refractivity contribution is 0.0828. The third-order valence-electron chi connectivity index (χ3n) is 3.56. The fraction of sp³-hybridized carbons (Fsp3) is 0.533. The SMILES string of the molecule is CCC(C)C(C)Nc1cc(N)ccc1C(=O)N(C)C. The zero-order valence-electron chi connectivity index (χ0n) is 12.5. The largest absolute Gasteiger partial charge is 0.399 e. The Morgan fingerprint density at radius 1 is 1.37 bits per heavy atom. The van der Waals surface area contributed by atoms with Crippen molar-refractivity contribution in [1.82, 2.24) is 4.90 Å². The van der Waals surface area contributed by atoms with Crippen molar-refractivity contribution in [2.45, 2.75) is 33.2 Å². The lowest BCUT2D eigenvalue weighted by Gasteiger charge is -2.23. The molecule has 0 spiro atoms. The van der Waals surface area contributed by atoms with Crippen LogP contribution in [0.25, 0.3) is 0 Å². The number of carbonyl (C=O) groups is 1. The van der Waals surface area contributed by atoms with Gasteiger partial charge in [0, 0.05) is 31.5 Å². The van der Waals surface area contributed by atoms with Crippen LogP contribution < -0.4 is 11.1 Å². The van der Waals surface area contributed by atoms with E-state index in [1.54, 1.807) is 31.1 Å². The number of carbonyl (C=O) groups excluding carboxylic acids is 1. The average Bonchev–Trinajstić information content (AvgIpc) is 2.37. The molecule has 0 aliphatic heterocycles. The van der Waals surface area contributed by atoms with E-state index in [-0.39, 0.29) is 5.91 Å². The van der Waals surface area contributed by atoms with Gasteiger partial charge < -0.3 is 16.0 Å². The molecule has 0 fully saturated rings. The first kappa shape index (κ1) is 15.3. The second kappa shape index (κ2) is 6.45. The highest BCUT2D eigenvalue weighted by molar-refractivity contribution is 6.00. The maximum atomic E-state index is 12.1. The van der Waals surface area contributed by atoms with Crippen molar-refractivity contribution >= 4 is 17.3 Å². The van der Waals surface area contributed by atoms with Crippen LogP contribution in [0.5, 0.6) is 0 Å². The van der Waals surface area contributed by atoms with Crippen molar-refractivity contribution in [2.75, 3.05) is 25.1 Å². The highest BCUT2D eigenvalue weighted by Gasteiger charge is 2.17. The number of hydrogen-bond acceptors (Lipinski definition) is 3. The molecule has 1 aromatic rings. The molecule has 4 heteroatoms. The zero-order valence-corrected chi connectivity index (χ0v) is 12.5. The van der Waals surface area contributed by atoms with Crippen molar-refractivity contribution in [3.8, 4) is 0 Å². The highest BCUT2D eigenvalue weighted by Crippen LogP contribution is 2.23. The number of nitrogens with zero attached hydrogens (tertiary/aromatic N) is 1. The Hall–Kier alpha value is -1.71. The molecule has 0 aromatic heterocycles. The first-order valence-corrected chi connectivity index (χ1v) is 6.74. The third-order valence-corrected chi connectivity index (χ3v) is 3.56. The predicted molar refractivity (Wildman–Crippen MR) is 81.4 cm³/mol. The molecule has 1 amide bonds. The summed E-state index contributed by atoms with van der Waals surface area (Å²) in [5, 5.41) is 3.41. The van der Waals surface area contributed by atoms with Crippen LogP contribution in [0, 0.1) is 5.92 Å². The maximum absolute atomic E-state index is 12.1. The van der Waals surface area contributed by atoms with Gasteiger partial charge in [0.1, 0.15) is 0 Å². The van der Waals surface area contributed by atoms with Crippen LogP contribution in [0.3, 0.4) is 0 Å². The summed E-state index contributed by atoms with van der Waals surface area (Å²) in [4.78, 5) is 13.7. The number of rotatable bonds is 5. The number of benzene rings is 1. The van der Waals surface area contributed by atoms with E-state index in [1.807, 2.05) is 6.07 Å². The van der Waals surface area contributed by atoms with E-state index in [9.17, 15) is 4.79 Å². The minimum atomic E-state index is -0.0150. The van der Waals surface area contributed by atoms with Crippen LogP contribution in [0.2, 0.25) is 0 Å². The van der Waals surface area contributed by atoms with Gasteiger partial charge in [-0.1, -0.05) is 20.3 Å². The normalized spacial score (nSPS) is 13.7. The van der Waals surface area contributed by atoms with E-state index in [0.717, 1.165) is 12.1 Å². The monoisotopic (exact) mass is 263 g/mol. The van der Waals surface area contributed by atoms with Crippen molar-refractivity contribution in [3.05, 3.63) is 23.8 Å². The molecule has 4 nitrogen and oxygen atoms in total. The van der Waals surface area contributed by atoms with Gasteiger partial charge in [-0.15, -0.1) is 0 Å². The van der Waals surface area contributed by atoms with Gasteiger partial charge in [-0.2, -0.15) is 0 Å². The summed E-state index contributed by atoms with van der Waals surface area (Å²) in [6.07, 6.45) is 1.09. The summed E-state index contributed by atoms with van der Waals surface area (Å²) >= 11 is 0. The lowest BCUT2D eigenvalue weighted by Crippen LogP contribution is -2.27. The van der Waals surface area contributed by atoms with Crippen molar-refractivity contribution in [2.24, 2.45) is 5.92 Å². The van der Waals surface area contributed by atoms with E-state index in [1.165, 1.54) is 0 Å². The van der Waals surface area contributed by atoms with Gasteiger partial charge >= 0.3 is 0 Å². The summed E-state index contributed by atoms with van der Waals surface area (Å²) in [7, 11) is 3.50. The van der Waals surface area contributed by atoms with E-state index in [2.05, 4.69) is 26.1 Å². The summed E-state index contributed by atoms with van der Waals surface area (Å²) in [5.41, 5.74) is 7.96. The van der Waals surface area contributed by atoms with E-state index in [0.29, 0.717) is 23.2 Å². The minimum Gasteiger partial charge on any atom is -0.399 e. The van der Waals surface area contributed by atoms with Crippen LogP contribution in [-0.2, 0) is 0 Å². The molecule has 1 aromatic carbocycles. The number of amides is 1. The molecule has 19 heavy (non-hydrogen) atoms. The van der Waals surface area contributed by atoms with E-state index < -0.39 is 0 Å². The molecule has 0 saturated heterocycles. The number of hydrogen-bond donors (Lipinski definition) is 2. The molecule has 0 saturated carbocycles. The van der Waals surface area contributed by atoms with Crippen LogP contribution in [0.1, 0.15) is 37.6 Å². The van der Waals surface area contributed by atoms with Gasteiger partial charge in [0.25, 0.3) is 5.91 Å². The molecule has 3 N–H and O–H groups in total. The minimum absolute atomic E-state index is 0.0150. The standard InChI is InChI=1S/C15H25N3O/c1-6-10(2)11(3)17-14-9-12(16)7-8-13(14)15(19)18(4)5/h7-11,17H,6,16H2,1-5H3. The topological polar surface area (TPSA) is 58.4 Å². The molecule has 0 heterocycles. The van der Waals surface area contributed by atoms with Crippen LogP contribution in [-0.4, -0.2) is 30.9 Å². The first-order chi connectivity index (χ1) is 8.86. The first-order valence-electron chi connectivity index (χ1n) is 6.74. The highest BCUT2D eigenvalue weighted by atomic mass is 16.2. The van der Waals surface area contributed by atoms with Gasteiger partial charge in [0.15, 0.2) is 0 Å². The smallest absolute Gasteiger partial charge is 0.255 e. The molecule has 1 rings (SSSR count). The number of anilines is 2. The number of nitrogens with two attached hydrogens (primary N) is 1. The van der Waals surface area contributed by atoms with Gasteiger partial charge in [-0.3, -0.25) is 4.79 Å². The summed E-state index contributed by atoms with van der Waals surface area (Å²) in [6.45, 7) is 6.48. The van der Waals surface area contributed by atoms with Crippen LogP contribution >= 0.6 is 0 Å². The van der Waals surface area contributed by atoms with Gasteiger partial charge in [0.2, 0.25) is 0 Å². The Balaban J connectivity index is 3.04. The molecular formula is C15H25N3O. The molecule has 2 unspecified atom stereocenters. The summed E-state index contributed by atoms with van der Waals surface area (Å²) in [6, 6.07) is 5.66. The Kier molecular flexibility index (Phi) is 5.21. The lowest BCUT2D eigenvalue weighted by atomic mass is 10.00. The van der Waals surface area contributed by atoms with Crippen LogP contribution in [0.4, 0.5) is 11.4 Å². The zero-order chi connectivity index (χ0) is 14.6. The third kappa shape index (κ3) is 3.88. The Morgan fingerprint density at radius 3 is 2.53 bits per heavy atom. The fourth-order valence-electron chi connectivity index (χ4n) is 1.85. The Morgan fingerprint density at radius 2 is 2.00 bits per heavy atom. The second-order valence-corrected chi connectivity index (χ2v) is 5.32. The van der Waals surface area contributed by atoms with Gasteiger partial charge in [0.05, 0.1) is 5.56 Å². The molecule has 106 valence electrons. The Bertz CT molecular complexity index is 443. The predicted octanol–water partition coefficient (Wildman–Crippen LogP) is 2.82. The molecular weight excluding hydrogens is 238 g/mol. The molecule has 0 radical (unpaired) electrons. The molecule has 0 aliphatic rings. The van der Waals surface area contributed by atoms with Crippen molar-refractivity contribution < 1.29 is 4.79 Å².